The van der Waals surface area contributed by atoms with Gasteiger partial charge in [0.1, 0.15) is 4.21 Å². The van der Waals surface area contributed by atoms with Gasteiger partial charge in [-0.25, -0.2) is 13.1 Å². The largest absolute Gasteiger partial charge is 0.299 e. The highest BCUT2D eigenvalue weighted by molar-refractivity contribution is 9.11. The normalized spacial score (nSPS) is 25.1. The first-order chi connectivity index (χ1) is 8.95. The summed E-state index contributed by atoms with van der Waals surface area (Å²) in [6.45, 7) is 3.78. The molecule has 0 bridgehead atoms. The number of thiophene rings is 1. The van der Waals surface area contributed by atoms with E-state index in [0.717, 1.165) is 28.9 Å². The van der Waals surface area contributed by atoms with Crippen molar-refractivity contribution in [2.75, 3.05) is 13.1 Å². The highest BCUT2D eigenvalue weighted by Crippen LogP contribution is 2.32. The Bertz CT molecular complexity index is 561. The predicted molar refractivity (Wildman–Crippen MR) is 80.1 cm³/mol. The molecule has 0 radical (unpaired) electrons. The van der Waals surface area contributed by atoms with Crippen molar-refractivity contribution >= 4 is 37.3 Å². The molecule has 0 amide bonds. The molecule has 1 N–H and O–H groups in total. The molecule has 1 aliphatic heterocycles. The number of nitrogens with one attached hydrogen (secondary N) is 1. The second-order valence-corrected chi connectivity index (χ2v) is 9.67. The van der Waals surface area contributed by atoms with Crippen LogP contribution in [0.25, 0.3) is 0 Å². The molecular weight excluding hydrogens is 348 g/mol. The Kier molecular flexibility index (Phi) is 3.77. The molecule has 2 heterocycles. The number of halogens is 1. The summed E-state index contributed by atoms with van der Waals surface area (Å²) in [5, 5.41) is 0. The smallest absolute Gasteiger partial charge is 0.250 e. The van der Waals surface area contributed by atoms with E-state index in [2.05, 4.69) is 25.6 Å². The van der Waals surface area contributed by atoms with Crippen LogP contribution in [0.15, 0.2) is 14.1 Å². The molecule has 1 unspecified atom stereocenters. The van der Waals surface area contributed by atoms with Crippen LogP contribution in [0.4, 0.5) is 0 Å². The van der Waals surface area contributed by atoms with Gasteiger partial charge in [0.15, 0.2) is 0 Å². The summed E-state index contributed by atoms with van der Waals surface area (Å²) in [5.74, 6) is 0. The number of sulfonamides is 1. The highest BCUT2D eigenvalue weighted by Gasteiger charge is 2.36. The van der Waals surface area contributed by atoms with E-state index in [-0.39, 0.29) is 6.04 Å². The number of hydrogen-bond acceptors (Lipinski definition) is 4. The van der Waals surface area contributed by atoms with Crippen LogP contribution in [0, 0.1) is 6.92 Å². The Balaban J connectivity index is 1.68. The SMILES string of the molecule is Cc1cc(S(=O)(=O)NC2CCN(C3CC3)C2)sc1Br. The lowest BCUT2D eigenvalue weighted by Crippen LogP contribution is -2.37. The summed E-state index contributed by atoms with van der Waals surface area (Å²) in [4.78, 5) is 2.41. The van der Waals surface area contributed by atoms with Crippen molar-refractivity contribution in [2.45, 2.75) is 42.5 Å². The summed E-state index contributed by atoms with van der Waals surface area (Å²) >= 11 is 4.65. The predicted octanol–water partition coefficient (Wildman–Crippen LogP) is 2.33. The van der Waals surface area contributed by atoms with E-state index in [1.807, 2.05) is 6.92 Å². The molecule has 0 spiro atoms. The fourth-order valence-corrected chi connectivity index (χ4v) is 6.00. The van der Waals surface area contributed by atoms with Gasteiger partial charge in [0, 0.05) is 25.2 Å². The summed E-state index contributed by atoms with van der Waals surface area (Å²) in [7, 11) is -3.36. The van der Waals surface area contributed by atoms with Crippen molar-refractivity contribution in [2.24, 2.45) is 0 Å². The van der Waals surface area contributed by atoms with Gasteiger partial charge in [-0.1, -0.05) is 0 Å². The van der Waals surface area contributed by atoms with Crippen molar-refractivity contribution in [3.8, 4) is 0 Å². The van der Waals surface area contributed by atoms with Crippen molar-refractivity contribution in [3.63, 3.8) is 0 Å². The van der Waals surface area contributed by atoms with Crippen LogP contribution in [0.2, 0.25) is 0 Å². The molecular formula is C12H17BrN2O2S2. The van der Waals surface area contributed by atoms with E-state index in [0.29, 0.717) is 10.3 Å². The molecule has 1 saturated heterocycles. The quantitative estimate of drug-likeness (QED) is 0.891. The number of likely N-dealkylation sites (tertiary alicyclic amines) is 1. The number of hydrogen-bond donors (Lipinski definition) is 1. The molecule has 1 aromatic rings. The standard InChI is InChI=1S/C12H17BrN2O2S2/c1-8-6-11(18-12(8)13)19(16,17)14-9-4-5-15(7-9)10-2-3-10/h6,9-10,14H,2-5,7H2,1H3. The third-order valence-electron chi connectivity index (χ3n) is 3.70. The minimum absolute atomic E-state index is 0.0618. The fraction of sp³-hybridized carbons (Fsp3) is 0.667. The van der Waals surface area contributed by atoms with Crippen molar-refractivity contribution in [1.82, 2.24) is 9.62 Å². The van der Waals surface area contributed by atoms with Gasteiger partial charge in [-0.3, -0.25) is 4.90 Å². The van der Waals surface area contributed by atoms with Gasteiger partial charge in [-0.05, 0) is 53.7 Å². The van der Waals surface area contributed by atoms with Gasteiger partial charge in [0.05, 0.1) is 3.79 Å². The van der Waals surface area contributed by atoms with Crippen LogP contribution in [0.1, 0.15) is 24.8 Å². The van der Waals surface area contributed by atoms with Gasteiger partial charge in [0.2, 0.25) is 10.0 Å². The third kappa shape index (κ3) is 3.05. The number of rotatable bonds is 4. The maximum Gasteiger partial charge on any atom is 0.250 e. The van der Waals surface area contributed by atoms with Crippen LogP contribution >= 0.6 is 27.3 Å². The molecule has 2 fully saturated rings. The summed E-state index contributed by atoms with van der Waals surface area (Å²) in [6.07, 6.45) is 3.47. The number of aryl methyl sites for hydroxylation is 1. The van der Waals surface area contributed by atoms with E-state index < -0.39 is 10.0 Å². The second-order valence-electron chi connectivity index (χ2n) is 5.36. The third-order valence-corrected chi connectivity index (χ3v) is 7.83. The van der Waals surface area contributed by atoms with Crippen molar-refractivity contribution in [3.05, 3.63) is 15.4 Å². The maximum atomic E-state index is 12.3. The summed E-state index contributed by atoms with van der Waals surface area (Å²) < 4.78 is 28.7. The van der Waals surface area contributed by atoms with Crippen LogP contribution in [-0.2, 0) is 10.0 Å². The van der Waals surface area contributed by atoms with E-state index in [4.69, 9.17) is 0 Å². The lowest BCUT2D eigenvalue weighted by atomic mass is 10.3. The lowest BCUT2D eigenvalue weighted by Gasteiger charge is -2.15. The first-order valence-electron chi connectivity index (χ1n) is 6.48. The minimum atomic E-state index is -3.36. The van der Waals surface area contributed by atoms with Crippen molar-refractivity contribution in [1.29, 1.82) is 0 Å². The minimum Gasteiger partial charge on any atom is -0.299 e. The zero-order valence-corrected chi connectivity index (χ0v) is 13.9. The summed E-state index contributed by atoms with van der Waals surface area (Å²) in [6, 6.07) is 2.50. The Morgan fingerprint density at radius 2 is 2.16 bits per heavy atom. The van der Waals surface area contributed by atoms with Gasteiger partial charge in [-0.15, -0.1) is 11.3 Å². The van der Waals surface area contributed by atoms with Gasteiger partial charge in [0.25, 0.3) is 0 Å². The van der Waals surface area contributed by atoms with Gasteiger partial charge < -0.3 is 0 Å². The average Bonchev–Trinajstić information content (AvgIpc) is 3.00. The Hall–Kier alpha value is 0.0500. The summed E-state index contributed by atoms with van der Waals surface area (Å²) in [5.41, 5.74) is 0.969. The van der Waals surface area contributed by atoms with Gasteiger partial charge >= 0.3 is 0 Å². The van der Waals surface area contributed by atoms with Crippen LogP contribution in [-0.4, -0.2) is 38.5 Å². The molecule has 106 valence electrons. The van der Waals surface area contributed by atoms with E-state index in [9.17, 15) is 8.42 Å². The molecule has 7 heteroatoms. The molecule has 0 aromatic carbocycles. The zero-order valence-electron chi connectivity index (χ0n) is 10.7. The molecule has 3 rings (SSSR count). The molecule has 1 aliphatic carbocycles. The van der Waals surface area contributed by atoms with E-state index in [1.54, 1.807) is 6.07 Å². The zero-order chi connectivity index (χ0) is 13.6. The maximum absolute atomic E-state index is 12.3. The lowest BCUT2D eigenvalue weighted by molar-refractivity contribution is 0.322. The average molecular weight is 365 g/mol. The number of nitrogens with zero attached hydrogens (tertiary/aromatic N) is 1. The Morgan fingerprint density at radius 1 is 1.42 bits per heavy atom. The molecule has 1 atom stereocenters. The molecule has 4 nitrogen and oxygen atoms in total. The Labute approximate surface area is 126 Å². The Morgan fingerprint density at radius 3 is 2.74 bits per heavy atom. The molecule has 1 saturated carbocycles. The molecule has 1 aromatic heterocycles. The highest BCUT2D eigenvalue weighted by atomic mass is 79.9. The molecule has 19 heavy (non-hydrogen) atoms. The fourth-order valence-electron chi connectivity index (χ4n) is 2.50. The van der Waals surface area contributed by atoms with Crippen LogP contribution in [0.5, 0.6) is 0 Å². The first-order valence-corrected chi connectivity index (χ1v) is 9.57. The van der Waals surface area contributed by atoms with E-state index in [1.165, 1.54) is 24.2 Å². The van der Waals surface area contributed by atoms with Crippen molar-refractivity contribution < 1.29 is 8.42 Å². The van der Waals surface area contributed by atoms with E-state index >= 15 is 0 Å². The monoisotopic (exact) mass is 364 g/mol. The molecule has 2 aliphatic rings. The van der Waals surface area contributed by atoms with Gasteiger partial charge in [-0.2, -0.15) is 0 Å². The topological polar surface area (TPSA) is 49.4 Å². The van der Waals surface area contributed by atoms with Crippen LogP contribution < -0.4 is 4.72 Å². The van der Waals surface area contributed by atoms with Crippen LogP contribution in [0.3, 0.4) is 0 Å². The first kappa shape index (κ1) is 14.0. The second kappa shape index (κ2) is 5.11.